The van der Waals surface area contributed by atoms with Gasteiger partial charge in [-0.2, -0.15) is 0 Å². The molecule has 5 heteroatoms. The van der Waals surface area contributed by atoms with Crippen molar-refractivity contribution < 1.29 is 4.39 Å². The van der Waals surface area contributed by atoms with Crippen LogP contribution >= 0.6 is 11.6 Å². The van der Waals surface area contributed by atoms with Crippen LogP contribution < -0.4 is 5.32 Å². The van der Waals surface area contributed by atoms with E-state index in [0.29, 0.717) is 5.02 Å². The van der Waals surface area contributed by atoms with E-state index in [-0.39, 0.29) is 5.82 Å². The number of anilines is 1. The van der Waals surface area contributed by atoms with Crippen molar-refractivity contribution in [3.05, 3.63) is 70.6 Å². The predicted octanol–water partition coefficient (Wildman–Crippen LogP) is 5.17. The molecule has 2 aromatic carbocycles. The van der Waals surface area contributed by atoms with Crippen molar-refractivity contribution in [1.82, 2.24) is 9.88 Å². The van der Waals surface area contributed by atoms with E-state index in [2.05, 4.69) is 15.2 Å². The average molecular weight is 370 g/mol. The van der Waals surface area contributed by atoms with Gasteiger partial charge in [0.1, 0.15) is 5.82 Å². The second-order valence-electron chi connectivity index (χ2n) is 6.37. The molecule has 1 N–H and O–H groups in total. The summed E-state index contributed by atoms with van der Waals surface area (Å²) >= 11 is 6.16. The Balaban J connectivity index is 1.94. The highest BCUT2D eigenvalue weighted by Gasteiger charge is 2.06. The predicted molar refractivity (Wildman–Crippen MR) is 109 cm³/mol. The molecule has 3 rings (SSSR count). The fourth-order valence-electron chi connectivity index (χ4n) is 2.66. The first-order chi connectivity index (χ1) is 12.5. The van der Waals surface area contributed by atoms with Crippen LogP contribution in [0.2, 0.25) is 5.02 Å². The van der Waals surface area contributed by atoms with Crippen molar-refractivity contribution in [1.29, 1.82) is 0 Å². The van der Waals surface area contributed by atoms with E-state index in [4.69, 9.17) is 11.6 Å². The number of nitrogens with zero attached hydrogens (tertiary/aromatic N) is 2. The van der Waals surface area contributed by atoms with Gasteiger partial charge >= 0.3 is 0 Å². The van der Waals surface area contributed by atoms with Crippen LogP contribution in [0.15, 0.2) is 48.5 Å². The van der Waals surface area contributed by atoms with Crippen molar-refractivity contribution in [2.45, 2.75) is 0 Å². The zero-order valence-corrected chi connectivity index (χ0v) is 15.6. The minimum atomic E-state index is -0.251. The lowest BCUT2D eigenvalue weighted by Gasteiger charge is -2.14. The standard InChI is InChI=1S/C21H21ClFN3/c1-26(2)11-10-24-21-14-18(8-6-15-4-3-5-17(23)12-15)25-20-9-7-16(22)13-19(20)21/h3-9,12-14H,10-11H2,1-2H3,(H,24,25)/b8-6+. The Labute approximate surface area is 158 Å². The zero-order chi connectivity index (χ0) is 18.5. The lowest BCUT2D eigenvalue weighted by molar-refractivity contribution is 0.425. The summed E-state index contributed by atoms with van der Waals surface area (Å²) in [5.74, 6) is -0.251. The normalized spacial score (nSPS) is 11.6. The van der Waals surface area contributed by atoms with Gasteiger partial charge in [-0.05, 0) is 62.1 Å². The van der Waals surface area contributed by atoms with Gasteiger partial charge in [-0.1, -0.05) is 29.8 Å². The molecule has 0 unspecified atom stereocenters. The molecule has 0 fully saturated rings. The summed E-state index contributed by atoms with van der Waals surface area (Å²) in [5, 5.41) is 5.12. The Morgan fingerprint density at radius 2 is 1.96 bits per heavy atom. The maximum absolute atomic E-state index is 13.3. The number of hydrogen-bond acceptors (Lipinski definition) is 3. The number of fused-ring (bicyclic) bond motifs is 1. The smallest absolute Gasteiger partial charge is 0.123 e. The summed E-state index contributed by atoms with van der Waals surface area (Å²) in [7, 11) is 4.08. The summed E-state index contributed by atoms with van der Waals surface area (Å²) in [4.78, 5) is 6.79. The molecule has 0 radical (unpaired) electrons. The molecule has 3 aromatic rings. The van der Waals surface area contributed by atoms with Crippen LogP contribution in [0, 0.1) is 5.82 Å². The summed E-state index contributed by atoms with van der Waals surface area (Å²) in [5.41, 5.74) is 3.45. The average Bonchev–Trinajstić information content (AvgIpc) is 2.60. The van der Waals surface area contributed by atoms with E-state index >= 15 is 0 Å². The Bertz CT molecular complexity index is 938. The lowest BCUT2D eigenvalue weighted by Crippen LogP contribution is -2.20. The SMILES string of the molecule is CN(C)CCNc1cc(/C=C/c2cccc(F)c2)nc2ccc(Cl)cc12. The van der Waals surface area contributed by atoms with Crippen molar-refractivity contribution in [3.8, 4) is 0 Å². The Hall–Kier alpha value is -2.43. The summed E-state index contributed by atoms with van der Waals surface area (Å²) < 4.78 is 13.3. The molecular weight excluding hydrogens is 349 g/mol. The van der Waals surface area contributed by atoms with E-state index in [0.717, 1.165) is 40.9 Å². The molecule has 0 amide bonds. The number of benzene rings is 2. The monoisotopic (exact) mass is 369 g/mol. The molecule has 3 nitrogen and oxygen atoms in total. The molecule has 134 valence electrons. The van der Waals surface area contributed by atoms with Gasteiger partial charge in [0, 0.05) is 29.2 Å². The lowest BCUT2D eigenvalue weighted by atomic mass is 10.1. The molecule has 0 saturated heterocycles. The van der Waals surface area contributed by atoms with Crippen molar-refractivity contribution in [2.24, 2.45) is 0 Å². The third-order valence-electron chi connectivity index (χ3n) is 3.96. The summed E-state index contributed by atoms with van der Waals surface area (Å²) in [6.07, 6.45) is 3.75. The molecular formula is C21H21ClFN3. The zero-order valence-electron chi connectivity index (χ0n) is 14.8. The third kappa shape index (κ3) is 4.81. The van der Waals surface area contributed by atoms with Gasteiger partial charge in [0.05, 0.1) is 11.2 Å². The molecule has 0 spiro atoms. The van der Waals surface area contributed by atoms with Crippen molar-refractivity contribution in [2.75, 3.05) is 32.5 Å². The quantitative estimate of drug-likeness (QED) is 0.649. The van der Waals surface area contributed by atoms with Gasteiger partial charge < -0.3 is 10.2 Å². The Morgan fingerprint density at radius 1 is 1.12 bits per heavy atom. The minimum absolute atomic E-state index is 0.251. The molecule has 0 bridgehead atoms. The van der Waals surface area contributed by atoms with E-state index < -0.39 is 0 Å². The van der Waals surface area contributed by atoms with Crippen molar-refractivity contribution >= 4 is 40.3 Å². The first kappa shape index (κ1) is 18.4. The highest BCUT2D eigenvalue weighted by atomic mass is 35.5. The van der Waals surface area contributed by atoms with E-state index in [9.17, 15) is 4.39 Å². The second-order valence-corrected chi connectivity index (χ2v) is 6.81. The third-order valence-corrected chi connectivity index (χ3v) is 4.20. The van der Waals surface area contributed by atoms with E-state index in [1.807, 2.05) is 56.6 Å². The second kappa shape index (κ2) is 8.30. The summed E-state index contributed by atoms with van der Waals surface area (Å²) in [6.45, 7) is 1.73. The topological polar surface area (TPSA) is 28.2 Å². The number of aromatic nitrogens is 1. The fraction of sp³-hybridized carbons (Fsp3) is 0.190. The number of nitrogens with one attached hydrogen (secondary N) is 1. The van der Waals surface area contributed by atoms with E-state index in [1.165, 1.54) is 12.1 Å². The molecule has 26 heavy (non-hydrogen) atoms. The van der Waals surface area contributed by atoms with Crippen molar-refractivity contribution in [3.63, 3.8) is 0 Å². The van der Waals surface area contributed by atoms with Crippen LogP contribution in [-0.2, 0) is 0 Å². The molecule has 0 saturated carbocycles. The van der Waals surface area contributed by atoms with Crippen LogP contribution in [-0.4, -0.2) is 37.1 Å². The number of rotatable bonds is 6. The number of hydrogen-bond donors (Lipinski definition) is 1. The highest BCUT2D eigenvalue weighted by molar-refractivity contribution is 6.31. The van der Waals surface area contributed by atoms with Gasteiger partial charge in [0.2, 0.25) is 0 Å². The molecule has 1 heterocycles. The maximum atomic E-state index is 13.3. The van der Waals surface area contributed by atoms with Gasteiger partial charge in [-0.15, -0.1) is 0 Å². The van der Waals surface area contributed by atoms with Gasteiger partial charge in [0.25, 0.3) is 0 Å². The highest BCUT2D eigenvalue weighted by Crippen LogP contribution is 2.27. The molecule has 0 aliphatic carbocycles. The van der Waals surface area contributed by atoms with Gasteiger partial charge in [0.15, 0.2) is 0 Å². The van der Waals surface area contributed by atoms with E-state index in [1.54, 1.807) is 6.07 Å². The van der Waals surface area contributed by atoms with Gasteiger partial charge in [-0.3, -0.25) is 0 Å². The van der Waals surface area contributed by atoms with Crippen LogP contribution in [0.5, 0.6) is 0 Å². The first-order valence-electron chi connectivity index (χ1n) is 8.44. The minimum Gasteiger partial charge on any atom is -0.383 e. The van der Waals surface area contributed by atoms with Gasteiger partial charge in [-0.25, -0.2) is 9.37 Å². The Morgan fingerprint density at radius 3 is 2.73 bits per heavy atom. The maximum Gasteiger partial charge on any atom is 0.123 e. The Kier molecular flexibility index (Phi) is 5.86. The summed E-state index contributed by atoms with van der Waals surface area (Å²) in [6, 6.07) is 14.1. The van der Waals surface area contributed by atoms with Crippen LogP contribution in [0.25, 0.3) is 23.1 Å². The number of pyridine rings is 1. The first-order valence-corrected chi connectivity index (χ1v) is 8.81. The van der Waals surface area contributed by atoms with Crippen LogP contribution in [0.4, 0.5) is 10.1 Å². The van der Waals surface area contributed by atoms with Crippen LogP contribution in [0.1, 0.15) is 11.3 Å². The number of halogens is 2. The molecule has 0 aliphatic rings. The molecule has 0 atom stereocenters. The number of likely N-dealkylation sites (N-methyl/N-ethyl adjacent to an activating group) is 1. The molecule has 0 aliphatic heterocycles. The fourth-order valence-corrected chi connectivity index (χ4v) is 2.83. The van der Waals surface area contributed by atoms with Crippen LogP contribution in [0.3, 0.4) is 0 Å². The largest absolute Gasteiger partial charge is 0.383 e. The molecule has 1 aromatic heterocycles.